The van der Waals surface area contributed by atoms with E-state index in [1.807, 2.05) is 0 Å². The Kier molecular flexibility index (Phi) is 7.56. The lowest BCUT2D eigenvalue weighted by atomic mass is 10.0. The minimum absolute atomic E-state index is 0.000614. The van der Waals surface area contributed by atoms with E-state index in [2.05, 4.69) is 47.6 Å². The Morgan fingerprint density at radius 2 is 1.22 bits per heavy atom. The second-order valence-electron chi connectivity index (χ2n) is 8.31. The predicted octanol–water partition coefficient (Wildman–Crippen LogP) is 1.11. The van der Waals surface area contributed by atoms with E-state index in [1.165, 1.54) is 21.8 Å². The molecule has 0 bridgehead atoms. The van der Waals surface area contributed by atoms with Gasteiger partial charge in [-0.3, -0.25) is 9.13 Å². The molecule has 4 unspecified atom stereocenters. The molecule has 4 rings (SSSR count). The van der Waals surface area contributed by atoms with Gasteiger partial charge in [0, 0.05) is 0 Å². The fourth-order valence-electron chi connectivity index (χ4n) is 4.18. The summed E-state index contributed by atoms with van der Waals surface area (Å²) in [4.78, 5) is 38.0. The Balaban J connectivity index is 0.000000181. The highest BCUT2D eigenvalue weighted by atomic mass is 16.5. The van der Waals surface area contributed by atoms with Gasteiger partial charge >= 0.3 is 11.4 Å². The van der Waals surface area contributed by atoms with Crippen LogP contribution < -0.4 is 22.8 Å². The van der Waals surface area contributed by atoms with Gasteiger partial charge in [0.15, 0.2) is 0 Å². The lowest BCUT2D eigenvalue weighted by molar-refractivity contribution is -0.00823. The number of ether oxygens (including phenoxy) is 2. The number of nitrogens with two attached hydrogens (primary N) is 2. The molecule has 0 saturated carbocycles. The van der Waals surface area contributed by atoms with Crippen LogP contribution in [0.3, 0.4) is 0 Å². The highest BCUT2D eigenvalue weighted by molar-refractivity contribution is 5.10. The first-order valence-electron chi connectivity index (χ1n) is 11.0. The molecule has 176 valence electrons. The van der Waals surface area contributed by atoms with E-state index in [9.17, 15) is 9.59 Å². The highest BCUT2D eigenvalue weighted by Gasteiger charge is 2.33. The van der Waals surface area contributed by atoms with E-state index in [-0.39, 0.29) is 36.6 Å². The van der Waals surface area contributed by atoms with Crippen molar-refractivity contribution in [1.29, 1.82) is 0 Å². The van der Waals surface area contributed by atoms with Gasteiger partial charge in [0.1, 0.15) is 25.1 Å². The van der Waals surface area contributed by atoms with E-state index >= 15 is 0 Å². The van der Waals surface area contributed by atoms with E-state index < -0.39 is 11.4 Å². The normalized spacial score (nSPS) is 29.5. The van der Waals surface area contributed by atoms with Crippen LogP contribution in [0.5, 0.6) is 0 Å². The molecular weight excluding hydrogens is 416 g/mol. The molecule has 2 aliphatic rings. The van der Waals surface area contributed by atoms with Crippen molar-refractivity contribution in [2.75, 3.05) is 11.5 Å². The number of anilines is 2. The molecule has 4 heterocycles. The summed E-state index contributed by atoms with van der Waals surface area (Å²) in [5.41, 5.74) is 9.86. The number of aromatic nitrogens is 6. The highest BCUT2D eigenvalue weighted by Crippen LogP contribution is 2.34. The van der Waals surface area contributed by atoms with Gasteiger partial charge in [-0.05, 0) is 37.5 Å². The largest absolute Gasteiger partial charge is 0.368 e. The maximum Gasteiger partial charge on any atom is 0.354 e. The zero-order valence-electron chi connectivity index (χ0n) is 18.9. The standard InChI is InChI=1S/2C10H16N4O2/c2*1-3-7-6(2)4-8(16-7)14-5-12-9(11)13-10(14)15/h2*5-8H,3-4H2,1-2H3,(H2,11,13,15)/t2*6?,7?,8-/m10/s1. The average molecular weight is 449 g/mol. The Morgan fingerprint density at radius 1 is 0.844 bits per heavy atom. The van der Waals surface area contributed by atoms with E-state index in [0.717, 1.165) is 25.7 Å². The second kappa shape index (κ2) is 10.2. The van der Waals surface area contributed by atoms with Crippen LogP contribution in [0.15, 0.2) is 22.2 Å². The number of nitrogens with zero attached hydrogens (tertiary/aromatic N) is 6. The maximum absolute atomic E-state index is 11.6. The molecule has 12 heteroatoms. The molecule has 0 spiro atoms. The van der Waals surface area contributed by atoms with Crippen LogP contribution >= 0.6 is 0 Å². The molecule has 2 aliphatic heterocycles. The second-order valence-corrected chi connectivity index (χ2v) is 8.31. The zero-order valence-corrected chi connectivity index (χ0v) is 18.9. The summed E-state index contributed by atoms with van der Waals surface area (Å²) in [5.74, 6) is 0.887. The summed E-state index contributed by atoms with van der Waals surface area (Å²) in [6.07, 6.45) is 6.22. The monoisotopic (exact) mass is 448 g/mol. The molecule has 2 fully saturated rings. The predicted molar refractivity (Wildman–Crippen MR) is 117 cm³/mol. The van der Waals surface area contributed by atoms with Crippen LogP contribution in [-0.2, 0) is 9.47 Å². The molecule has 32 heavy (non-hydrogen) atoms. The third-order valence-electron chi connectivity index (χ3n) is 6.00. The van der Waals surface area contributed by atoms with Crippen molar-refractivity contribution in [1.82, 2.24) is 29.1 Å². The fourth-order valence-corrected chi connectivity index (χ4v) is 4.18. The summed E-state index contributed by atoms with van der Waals surface area (Å²) in [5, 5.41) is 0. The van der Waals surface area contributed by atoms with Crippen LogP contribution in [0.1, 0.15) is 65.8 Å². The Labute approximate surface area is 186 Å². The minimum atomic E-state index is -0.401. The van der Waals surface area contributed by atoms with Crippen molar-refractivity contribution in [3.8, 4) is 0 Å². The van der Waals surface area contributed by atoms with Crippen molar-refractivity contribution in [3.05, 3.63) is 33.6 Å². The van der Waals surface area contributed by atoms with Crippen molar-refractivity contribution in [2.24, 2.45) is 11.8 Å². The fraction of sp³-hybridized carbons (Fsp3) is 0.700. The first-order chi connectivity index (χ1) is 15.2. The molecule has 2 aromatic heterocycles. The Bertz CT molecular complexity index is 944. The summed E-state index contributed by atoms with van der Waals surface area (Å²) in [6.45, 7) is 8.40. The summed E-state index contributed by atoms with van der Waals surface area (Å²) in [7, 11) is 0. The SMILES string of the molecule is CCC1O[C@@H](n2cnc(N)nc2=O)CC1C.CCC1O[C@H](n2cnc(N)nc2=O)CC1C. The molecule has 0 amide bonds. The topological polar surface area (TPSA) is 166 Å². The first-order valence-corrected chi connectivity index (χ1v) is 11.0. The van der Waals surface area contributed by atoms with Gasteiger partial charge < -0.3 is 20.9 Å². The molecule has 2 saturated heterocycles. The van der Waals surface area contributed by atoms with Gasteiger partial charge in [0.2, 0.25) is 11.9 Å². The van der Waals surface area contributed by atoms with Crippen LogP contribution in [0.25, 0.3) is 0 Å². The third kappa shape index (κ3) is 5.30. The van der Waals surface area contributed by atoms with Gasteiger partial charge in [-0.25, -0.2) is 19.6 Å². The average Bonchev–Trinajstić information content (AvgIpc) is 3.30. The molecule has 6 atom stereocenters. The number of rotatable bonds is 4. The van der Waals surface area contributed by atoms with Gasteiger partial charge in [0.25, 0.3) is 0 Å². The lowest BCUT2D eigenvalue weighted by Gasteiger charge is -2.14. The van der Waals surface area contributed by atoms with Crippen molar-refractivity contribution >= 4 is 11.9 Å². The molecule has 2 aromatic rings. The minimum Gasteiger partial charge on any atom is -0.368 e. The lowest BCUT2D eigenvalue weighted by Crippen LogP contribution is -2.28. The maximum atomic E-state index is 11.6. The van der Waals surface area contributed by atoms with E-state index in [1.54, 1.807) is 0 Å². The Hall–Kier alpha value is -2.86. The van der Waals surface area contributed by atoms with Crippen LogP contribution in [0, 0.1) is 11.8 Å². The van der Waals surface area contributed by atoms with Gasteiger partial charge in [-0.1, -0.05) is 27.7 Å². The van der Waals surface area contributed by atoms with Crippen molar-refractivity contribution in [2.45, 2.75) is 78.0 Å². The Morgan fingerprint density at radius 3 is 1.50 bits per heavy atom. The number of hydrogen-bond donors (Lipinski definition) is 2. The smallest absolute Gasteiger partial charge is 0.354 e. The number of hydrogen-bond acceptors (Lipinski definition) is 10. The molecule has 0 radical (unpaired) electrons. The van der Waals surface area contributed by atoms with Crippen molar-refractivity contribution < 1.29 is 9.47 Å². The molecule has 12 nitrogen and oxygen atoms in total. The van der Waals surface area contributed by atoms with Gasteiger partial charge in [-0.2, -0.15) is 9.97 Å². The summed E-state index contributed by atoms with van der Waals surface area (Å²) in [6, 6.07) is 0. The molecular formula is C20H32N8O4. The van der Waals surface area contributed by atoms with Gasteiger partial charge in [-0.15, -0.1) is 0 Å². The first kappa shape index (κ1) is 23.8. The number of nitrogen functional groups attached to an aromatic ring is 2. The van der Waals surface area contributed by atoms with E-state index in [0.29, 0.717) is 11.8 Å². The molecule has 0 aromatic carbocycles. The zero-order chi connectivity index (χ0) is 23.4. The van der Waals surface area contributed by atoms with Gasteiger partial charge in [0.05, 0.1) is 12.2 Å². The van der Waals surface area contributed by atoms with Crippen LogP contribution in [-0.4, -0.2) is 41.3 Å². The van der Waals surface area contributed by atoms with Crippen LogP contribution in [0.2, 0.25) is 0 Å². The summed E-state index contributed by atoms with van der Waals surface area (Å²) >= 11 is 0. The molecule has 0 aliphatic carbocycles. The molecule has 4 N–H and O–H groups in total. The van der Waals surface area contributed by atoms with Crippen molar-refractivity contribution in [3.63, 3.8) is 0 Å². The quantitative estimate of drug-likeness (QED) is 0.691. The van der Waals surface area contributed by atoms with E-state index in [4.69, 9.17) is 20.9 Å². The van der Waals surface area contributed by atoms with Crippen LogP contribution in [0.4, 0.5) is 11.9 Å². The third-order valence-corrected chi connectivity index (χ3v) is 6.00. The summed E-state index contributed by atoms with van der Waals surface area (Å²) < 4.78 is 14.4.